The number of rotatable bonds is 4. The van der Waals surface area contributed by atoms with E-state index >= 15 is 0 Å². The number of aromatic nitrogens is 4. The molecule has 8 heteroatoms. The molecule has 0 saturated carbocycles. The van der Waals surface area contributed by atoms with E-state index in [4.69, 9.17) is 4.74 Å². The third-order valence-electron chi connectivity index (χ3n) is 4.72. The highest BCUT2D eigenvalue weighted by Gasteiger charge is 2.26. The molecule has 0 aromatic carbocycles. The Kier molecular flexibility index (Phi) is 5.09. The molecule has 0 aliphatic carbocycles. The minimum Gasteiger partial charge on any atom is -0.436 e. The van der Waals surface area contributed by atoms with Gasteiger partial charge in [-0.05, 0) is 31.0 Å². The minimum atomic E-state index is -0.220. The van der Waals surface area contributed by atoms with E-state index in [0.29, 0.717) is 30.3 Å². The van der Waals surface area contributed by atoms with E-state index in [9.17, 15) is 9.59 Å². The first-order valence-corrected chi connectivity index (χ1v) is 9.07. The van der Waals surface area contributed by atoms with Crippen molar-refractivity contribution in [1.29, 1.82) is 0 Å². The number of piperidine rings is 1. The molecule has 1 fully saturated rings. The average molecular weight is 377 g/mol. The number of ether oxygens (including phenoxy) is 1. The number of nitrogens with one attached hydrogen (secondary N) is 1. The van der Waals surface area contributed by atoms with Crippen LogP contribution in [0.15, 0.2) is 60.0 Å². The Morgan fingerprint density at radius 1 is 1.11 bits per heavy atom. The van der Waals surface area contributed by atoms with Crippen molar-refractivity contribution in [3.63, 3.8) is 0 Å². The number of hydrogen-bond donors (Lipinski definition) is 1. The molecule has 0 bridgehead atoms. The van der Waals surface area contributed by atoms with E-state index in [0.717, 1.165) is 18.5 Å². The van der Waals surface area contributed by atoms with E-state index in [1.165, 1.54) is 12.3 Å². The van der Waals surface area contributed by atoms with Crippen LogP contribution in [0.25, 0.3) is 0 Å². The van der Waals surface area contributed by atoms with Gasteiger partial charge in [0.25, 0.3) is 5.91 Å². The molecule has 0 radical (unpaired) electrons. The Balaban J connectivity index is 1.39. The van der Waals surface area contributed by atoms with Gasteiger partial charge in [0.15, 0.2) is 0 Å². The quantitative estimate of drug-likeness (QED) is 0.749. The Bertz CT molecular complexity index is 993. The van der Waals surface area contributed by atoms with Gasteiger partial charge in [-0.3, -0.25) is 19.6 Å². The summed E-state index contributed by atoms with van der Waals surface area (Å²) in [6, 6.07) is 6.52. The fourth-order valence-corrected chi connectivity index (χ4v) is 3.24. The number of pyridine rings is 2. The molecule has 1 aliphatic heterocycles. The van der Waals surface area contributed by atoms with E-state index in [2.05, 4.69) is 19.9 Å². The van der Waals surface area contributed by atoms with Crippen LogP contribution in [0.3, 0.4) is 0 Å². The molecule has 1 saturated heterocycles. The van der Waals surface area contributed by atoms with E-state index in [1.807, 2.05) is 6.07 Å². The molecule has 1 aliphatic rings. The summed E-state index contributed by atoms with van der Waals surface area (Å²) in [7, 11) is 0. The van der Waals surface area contributed by atoms with Gasteiger partial charge in [0, 0.05) is 43.7 Å². The number of carbonyl (C=O) groups excluding carboxylic acids is 1. The topological polar surface area (TPSA) is 101 Å². The standard InChI is InChI=1S/C20H19N5O3/c26-18-4-3-15(10-23-18)20(27)25-8-5-14(6-9-25)17-12-22-13-19(24-17)28-16-2-1-7-21-11-16/h1-4,7,10-14H,5-6,8-9H2,(H,23,26). The molecular weight excluding hydrogens is 358 g/mol. The van der Waals surface area contributed by atoms with Crippen LogP contribution in [0.2, 0.25) is 0 Å². The van der Waals surface area contributed by atoms with Gasteiger partial charge in [0.05, 0.1) is 23.7 Å². The smallest absolute Gasteiger partial charge is 0.255 e. The number of H-pyrrole nitrogens is 1. The summed E-state index contributed by atoms with van der Waals surface area (Å²) in [4.78, 5) is 40.9. The van der Waals surface area contributed by atoms with Crippen molar-refractivity contribution in [1.82, 2.24) is 24.8 Å². The maximum Gasteiger partial charge on any atom is 0.255 e. The molecule has 4 heterocycles. The second kappa shape index (κ2) is 7.99. The average Bonchev–Trinajstić information content (AvgIpc) is 2.75. The predicted octanol–water partition coefficient (Wildman–Crippen LogP) is 2.37. The number of aromatic amines is 1. The maximum absolute atomic E-state index is 12.6. The highest BCUT2D eigenvalue weighted by Crippen LogP contribution is 2.28. The van der Waals surface area contributed by atoms with Crippen molar-refractivity contribution in [3.8, 4) is 11.6 Å². The fourth-order valence-electron chi connectivity index (χ4n) is 3.24. The van der Waals surface area contributed by atoms with E-state index < -0.39 is 0 Å². The largest absolute Gasteiger partial charge is 0.436 e. The number of carbonyl (C=O) groups is 1. The van der Waals surface area contributed by atoms with Crippen molar-refractivity contribution < 1.29 is 9.53 Å². The molecular formula is C20H19N5O3. The minimum absolute atomic E-state index is 0.0746. The van der Waals surface area contributed by atoms with Crippen LogP contribution in [-0.4, -0.2) is 43.8 Å². The molecule has 8 nitrogen and oxygen atoms in total. The maximum atomic E-state index is 12.6. The molecule has 28 heavy (non-hydrogen) atoms. The van der Waals surface area contributed by atoms with Crippen molar-refractivity contribution in [3.05, 3.63) is 76.9 Å². The van der Waals surface area contributed by atoms with Gasteiger partial charge in [-0.2, -0.15) is 0 Å². The van der Waals surface area contributed by atoms with Crippen LogP contribution in [0.5, 0.6) is 11.6 Å². The van der Waals surface area contributed by atoms with Crippen LogP contribution in [-0.2, 0) is 0 Å². The lowest BCUT2D eigenvalue weighted by Gasteiger charge is -2.31. The highest BCUT2D eigenvalue weighted by atomic mass is 16.5. The van der Waals surface area contributed by atoms with E-state index in [-0.39, 0.29) is 17.4 Å². The van der Waals surface area contributed by atoms with Crippen molar-refractivity contribution >= 4 is 5.91 Å². The number of hydrogen-bond acceptors (Lipinski definition) is 6. The zero-order valence-electron chi connectivity index (χ0n) is 15.1. The van der Waals surface area contributed by atoms with Gasteiger partial charge in [0.1, 0.15) is 5.75 Å². The van der Waals surface area contributed by atoms with Crippen LogP contribution >= 0.6 is 0 Å². The lowest BCUT2D eigenvalue weighted by atomic mass is 9.93. The summed E-state index contributed by atoms with van der Waals surface area (Å²) in [5, 5.41) is 0. The molecule has 1 amide bonds. The molecule has 1 N–H and O–H groups in total. The van der Waals surface area contributed by atoms with Gasteiger partial charge >= 0.3 is 0 Å². The third kappa shape index (κ3) is 4.06. The lowest BCUT2D eigenvalue weighted by Crippen LogP contribution is -2.38. The Morgan fingerprint density at radius 2 is 1.96 bits per heavy atom. The number of amides is 1. The molecule has 4 rings (SSSR count). The van der Waals surface area contributed by atoms with Gasteiger partial charge in [-0.15, -0.1) is 0 Å². The fraction of sp³-hybridized carbons (Fsp3) is 0.250. The summed E-state index contributed by atoms with van der Waals surface area (Å²) in [6.07, 6.45) is 9.67. The zero-order valence-corrected chi connectivity index (χ0v) is 15.1. The first-order valence-electron chi connectivity index (χ1n) is 9.07. The number of likely N-dealkylation sites (tertiary alicyclic amines) is 1. The second-order valence-electron chi connectivity index (χ2n) is 6.58. The van der Waals surface area contributed by atoms with Gasteiger partial charge < -0.3 is 14.6 Å². The second-order valence-corrected chi connectivity index (χ2v) is 6.58. The Morgan fingerprint density at radius 3 is 2.68 bits per heavy atom. The molecule has 0 unspecified atom stereocenters. The SMILES string of the molecule is O=C(c1ccc(=O)[nH]c1)N1CCC(c2cncc(Oc3cccnc3)n2)CC1. The van der Waals surface area contributed by atoms with Crippen LogP contribution in [0, 0.1) is 0 Å². The summed E-state index contributed by atoms with van der Waals surface area (Å²) in [5.74, 6) is 1.17. The van der Waals surface area contributed by atoms with Crippen LogP contribution in [0.4, 0.5) is 0 Å². The predicted molar refractivity (Wildman–Crippen MR) is 101 cm³/mol. The van der Waals surface area contributed by atoms with Gasteiger partial charge in [0.2, 0.25) is 11.4 Å². The Labute approximate surface area is 161 Å². The van der Waals surface area contributed by atoms with Gasteiger partial charge in [-0.1, -0.05) is 0 Å². The highest BCUT2D eigenvalue weighted by molar-refractivity contribution is 5.93. The molecule has 3 aromatic rings. The van der Waals surface area contributed by atoms with Crippen LogP contribution < -0.4 is 10.3 Å². The molecule has 3 aromatic heterocycles. The lowest BCUT2D eigenvalue weighted by molar-refractivity contribution is 0.0711. The van der Waals surface area contributed by atoms with Crippen LogP contribution in [0.1, 0.15) is 34.8 Å². The molecule has 142 valence electrons. The molecule has 0 atom stereocenters. The molecule has 0 spiro atoms. The summed E-state index contributed by atoms with van der Waals surface area (Å²) >= 11 is 0. The van der Waals surface area contributed by atoms with Gasteiger partial charge in [-0.25, -0.2) is 4.98 Å². The first-order chi connectivity index (χ1) is 13.7. The van der Waals surface area contributed by atoms with E-state index in [1.54, 1.807) is 41.8 Å². The summed E-state index contributed by atoms with van der Waals surface area (Å²) < 4.78 is 5.71. The third-order valence-corrected chi connectivity index (χ3v) is 4.72. The Hall–Kier alpha value is -3.55. The summed E-state index contributed by atoms with van der Waals surface area (Å²) in [6.45, 7) is 1.25. The number of nitrogens with zero attached hydrogens (tertiary/aromatic N) is 4. The zero-order chi connectivity index (χ0) is 19.3. The van der Waals surface area contributed by atoms with Crippen molar-refractivity contribution in [2.45, 2.75) is 18.8 Å². The summed E-state index contributed by atoms with van der Waals surface area (Å²) in [5.41, 5.74) is 1.13. The van der Waals surface area contributed by atoms with Crippen molar-refractivity contribution in [2.24, 2.45) is 0 Å². The monoisotopic (exact) mass is 377 g/mol. The van der Waals surface area contributed by atoms with Crippen molar-refractivity contribution in [2.75, 3.05) is 13.1 Å². The normalized spacial score (nSPS) is 14.6. The first kappa shape index (κ1) is 17.8.